The van der Waals surface area contributed by atoms with Gasteiger partial charge in [0.05, 0.1) is 17.3 Å². The van der Waals surface area contributed by atoms with E-state index < -0.39 is 0 Å². The molecule has 0 radical (unpaired) electrons. The molecular weight excluding hydrogens is 340 g/mol. The van der Waals surface area contributed by atoms with Gasteiger partial charge in [-0.1, -0.05) is 48.5 Å². The van der Waals surface area contributed by atoms with Gasteiger partial charge in [0.2, 0.25) is 0 Å². The number of amides is 3. The Balaban J connectivity index is 1.63. The van der Waals surface area contributed by atoms with Crippen LogP contribution in [0.1, 0.15) is 24.6 Å². The van der Waals surface area contributed by atoms with Crippen molar-refractivity contribution in [3.05, 3.63) is 77.6 Å². The third kappa shape index (κ3) is 2.48. The lowest BCUT2D eigenvalue weighted by molar-refractivity contribution is -0.119. The van der Waals surface area contributed by atoms with E-state index in [1.165, 1.54) is 0 Å². The Bertz CT molecular complexity index is 926. The van der Waals surface area contributed by atoms with Crippen molar-refractivity contribution in [1.29, 1.82) is 0 Å². The first-order chi connectivity index (χ1) is 13.2. The second kappa shape index (κ2) is 6.16. The summed E-state index contributed by atoms with van der Waals surface area (Å²) in [6.07, 6.45) is 1.35. The van der Waals surface area contributed by atoms with Crippen LogP contribution < -0.4 is 15.5 Å². The number of benzene rings is 2. The van der Waals surface area contributed by atoms with Gasteiger partial charge in [-0.2, -0.15) is 0 Å². The Kier molecular flexibility index (Phi) is 3.63. The summed E-state index contributed by atoms with van der Waals surface area (Å²) in [6, 6.07) is 19.0. The molecule has 1 fully saturated rings. The molecule has 0 aliphatic carbocycles. The molecule has 2 aromatic carbocycles. The third-order valence-corrected chi connectivity index (χ3v) is 5.45. The molecule has 3 heterocycles. The van der Waals surface area contributed by atoms with Gasteiger partial charge in [-0.15, -0.1) is 0 Å². The summed E-state index contributed by atoms with van der Waals surface area (Å²) in [5.41, 5.74) is 2.37. The first-order valence-corrected chi connectivity index (χ1v) is 9.26. The van der Waals surface area contributed by atoms with Crippen molar-refractivity contribution in [2.24, 2.45) is 0 Å². The van der Waals surface area contributed by atoms with Crippen LogP contribution in [0.4, 0.5) is 10.5 Å². The molecule has 0 aromatic heterocycles. The van der Waals surface area contributed by atoms with Crippen LogP contribution in [0.5, 0.6) is 0 Å². The summed E-state index contributed by atoms with van der Waals surface area (Å²) in [5.74, 6) is 0.495. The molecule has 136 valence electrons. The van der Waals surface area contributed by atoms with E-state index in [1.807, 2.05) is 65.6 Å². The van der Waals surface area contributed by atoms with E-state index >= 15 is 0 Å². The van der Waals surface area contributed by atoms with Gasteiger partial charge in [0, 0.05) is 6.54 Å². The van der Waals surface area contributed by atoms with E-state index in [9.17, 15) is 9.59 Å². The summed E-state index contributed by atoms with van der Waals surface area (Å²) >= 11 is 0. The third-order valence-electron chi connectivity index (χ3n) is 5.45. The van der Waals surface area contributed by atoms with Crippen LogP contribution in [-0.4, -0.2) is 29.4 Å². The van der Waals surface area contributed by atoms with E-state index in [0.29, 0.717) is 17.9 Å². The maximum Gasteiger partial charge on any atom is 0.330 e. The predicted molar refractivity (Wildman–Crippen MR) is 102 cm³/mol. The molecule has 6 heteroatoms. The average molecular weight is 360 g/mol. The minimum Gasteiger partial charge on any atom is -0.347 e. The number of carbonyl (C=O) groups excluding carboxylic acids is 2. The molecule has 2 aromatic rings. The lowest BCUT2D eigenvalue weighted by Crippen LogP contribution is -2.60. The lowest BCUT2D eigenvalue weighted by Gasteiger charge is -2.44. The number of anilines is 1. The molecule has 2 N–H and O–H groups in total. The number of hydrogen-bond donors (Lipinski definition) is 2. The summed E-state index contributed by atoms with van der Waals surface area (Å²) in [5, 5.41) is 6.48. The van der Waals surface area contributed by atoms with Gasteiger partial charge in [-0.05, 0) is 30.5 Å². The van der Waals surface area contributed by atoms with Gasteiger partial charge < -0.3 is 15.5 Å². The van der Waals surface area contributed by atoms with Crippen LogP contribution in [0.3, 0.4) is 0 Å². The highest BCUT2D eigenvalue weighted by Gasteiger charge is 2.47. The highest BCUT2D eigenvalue weighted by Crippen LogP contribution is 2.37. The Morgan fingerprint density at radius 2 is 1.59 bits per heavy atom. The van der Waals surface area contributed by atoms with Gasteiger partial charge in [0.1, 0.15) is 12.0 Å². The Hall–Kier alpha value is -3.28. The van der Waals surface area contributed by atoms with E-state index in [2.05, 4.69) is 10.6 Å². The van der Waals surface area contributed by atoms with Crippen LogP contribution in [-0.2, 0) is 4.79 Å². The predicted octanol–water partition coefficient (Wildman–Crippen LogP) is 2.72. The molecule has 6 nitrogen and oxygen atoms in total. The monoisotopic (exact) mass is 360 g/mol. The van der Waals surface area contributed by atoms with Gasteiger partial charge >= 0.3 is 6.03 Å². The zero-order chi connectivity index (χ0) is 18.4. The molecule has 0 bridgehead atoms. The number of para-hydroxylation sites is 1. The Morgan fingerprint density at radius 3 is 2.33 bits per heavy atom. The highest BCUT2D eigenvalue weighted by molar-refractivity contribution is 6.05. The summed E-state index contributed by atoms with van der Waals surface area (Å²) in [4.78, 5) is 29.8. The number of carbonyl (C=O) groups is 2. The normalized spacial score (nSPS) is 24.3. The molecule has 3 aliphatic rings. The van der Waals surface area contributed by atoms with Crippen LogP contribution in [0, 0.1) is 0 Å². The van der Waals surface area contributed by atoms with E-state index in [1.54, 1.807) is 4.90 Å². The van der Waals surface area contributed by atoms with Crippen LogP contribution in [0.25, 0.3) is 0 Å². The van der Waals surface area contributed by atoms with Crippen molar-refractivity contribution in [2.75, 3.05) is 11.4 Å². The zero-order valence-electron chi connectivity index (χ0n) is 14.8. The lowest BCUT2D eigenvalue weighted by atomic mass is 9.98. The molecule has 0 saturated carbocycles. The fraction of sp³-hybridized carbons (Fsp3) is 0.238. The fourth-order valence-corrected chi connectivity index (χ4v) is 4.21. The van der Waals surface area contributed by atoms with E-state index in [0.717, 1.165) is 24.1 Å². The number of nitrogens with one attached hydrogen (secondary N) is 2. The molecule has 3 amide bonds. The number of hydrogen-bond acceptors (Lipinski definition) is 3. The average Bonchev–Trinajstić information content (AvgIpc) is 3.19. The maximum atomic E-state index is 13.3. The maximum absolute atomic E-state index is 13.3. The molecule has 2 atom stereocenters. The van der Waals surface area contributed by atoms with Crippen LogP contribution in [0.2, 0.25) is 0 Å². The standard InChI is InChI=1S/C21H20N4O2/c26-20-17-16-12-7-13-24(16)21(27)25(15-10-5-2-6-11-15)19(17)22-18(23-20)14-8-3-1-4-9-14/h1-6,8-11,16,18,22H,7,12-13H2,(H,23,26). The Labute approximate surface area is 157 Å². The molecule has 0 spiro atoms. The number of fused-ring (bicyclic) bond motifs is 2. The number of urea groups is 1. The first kappa shape index (κ1) is 15.9. The number of rotatable bonds is 2. The smallest absolute Gasteiger partial charge is 0.330 e. The minimum atomic E-state index is -0.371. The summed E-state index contributed by atoms with van der Waals surface area (Å²) in [6.45, 7) is 0.680. The van der Waals surface area contributed by atoms with Crippen molar-refractivity contribution in [2.45, 2.75) is 25.0 Å². The SMILES string of the molecule is O=C1NC(c2ccccc2)NC2=C1C1CCCN1C(=O)N2c1ccccc1. The van der Waals surface area contributed by atoms with Gasteiger partial charge in [0.15, 0.2) is 0 Å². The Morgan fingerprint density at radius 1 is 0.889 bits per heavy atom. The van der Waals surface area contributed by atoms with Crippen molar-refractivity contribution < 1.29 is 9.59 Å². The highest BCUT2D eigenvalue weighted by atomic mass is 16.2. The second-order valence-corrected chi connectivity index (χ2v) is 7.03. The van der Waals surface area contributed by atoms with Crippen LogP contribution in [0.15, 0.2) is 72.1 Å². The quantitative estimate of drug-likeness (QED) is 0.866. The molecule has 27 heavy (non-hydrogen) atoms. The number of nitrogens with zero attached hydrogens (tertiary/aromatic N) is 2. The van der Waals surface area contributed by atoms with E-state index in [4.69, 9.17) is 0 Å². The van der Waals surface area contributed by atoms with Crippen molar-refractivity contribution in [3.8, 4) is 0 Å². The van der Waals surface area contributed by atoms with Crippen molar-refractivity contribution in [3.63, 3.8) is 0 Å². The molecule has 2 unspecified atom stereocenters. The largest absolute Gasteiger partial charge is 0.347 e. The molecule has 5 rings (SSSR count). The topological polar surface area (TPSA) is 64.7 Å². The zero-order valence-corrected chi connectivity index (χ0v) is 14.8. The molecule has 1 saturated heterocycles. The summed E-state index contributed by atoms with van der Waals surface area (Å²) < 4.78 is 0. The van der Waals surface area contributed by atoms with E-state index in [-0.39, 0.29) is 24.1 Å². The van der Waals surface area contributed by atoms with Crippen molar-refractivity contribution >= 4 is 17.6 Å². The molecule has 3 aliphatic heterocycles. The van der Waals surface area contributed by atoms with Gasteiger partial charge in [-0.3, -0.25) is 4.79 Å². The first-order valence-electron chi connectivity index (χ1n) is 9.26. The molecular formula is C21H20N4O2. The summed E-state index contributed by atoms with van der Waals surface area (Å²) in [7, 11) is 0. The van der Waals surface area contributed by atoms with Gasteiger partial charge in [-0.25, -0.2) is 9.69 Å². The van der Waals surface area contributed by atoms with Crippen molar-refractivity contribution in [1.82, 2.24) is 15.5 Å². The second-order valence-electron chi connectivity index (χ2n) is 7.03. The minimum absolute atomic E-state index is 0.0727. The van der Waals surface area contributed by atoms with Gasteiger partial charge in [0.25, 0.3) is 5.91 Å². The van der Waals surface area contributed by atoms with Crippen LogP contribution >= 0.6 is 0 Å². The fourth-order valence-electron chi connectivity index (χ4n) is 4.21.